The van der Waals surface area contributed by atoms with Crippen molar-refractivity contribution in [2.75, 3.05) is 12.0 Å². The van der Waals surface area contributed by atoms with Crippen LogP contribution in [0.15, 0.2) is 0 Å². The minimum Gasteiger partial charge on any atom is -0.481 e. The number of aliphatic carboxylic acids is 1. The summed E-state index contributed by atoms with van der Waals surface area (Å²) in [7, 11) is 0. The van der Waals surface area contributed by atoms with E-state index in [1.54, 1.807) is 13.8 Å². The highest BCUT2D eigenvalue weighted by Gasteiger charge is 2.30. The Morgan fingerprint density at radius 3 is 2.12 bits per heavy atom. The van der Waals surface area contributed by atoms with Crippen molar-refractivity contribution in [3.05, 3.63) is 0 Å². The number of nitrogens with one attached hydrogen (secondary N) is 2. The number of hydrogen-bond donors (Lipinski definition) is 5. The van der Waals surface area contributed by atoms with Gasteiger partial charge < -0.3 is 27.2 Å². The van der Waals surface area contributed by atoms with E-state index in [2.05, 4.69) is 10.6 Å². The molecule has 7 N–H and O–H groups in total. The summed E-state index contributed by atoms with van der Waals surface area (Å²) in [6.07, 6.45) is 1.63. The Hall–Kier alpha value is -1.81. The molecule has 0 aromatic rings. The normalized spacial score (nSPS) is 14.5. The lowest BCUT2D eigenvalue weighted by Crippen LogP contribution is -2.57. The van der Waals surface area contributed by atoms with Gasteiger partial charge in [0.1, 0.15) is 12.1 Å². The summed E-state index contributed by atoms with van der Waals surface area (Å²) in [5.41, 5.74) is 10.9. The van der Waals surface area contributed by atoms with Crippen LogP contribution in [0.25, 0.3) is 0 Å². The van der Waals surface area contributed by atoms with Crippen molar-refractivity contribution >= 4 is 35.5 Å². The van der Waals surface area contributed by atoms with E-state index in [1.165, 1.54) is 11.8 Å². The summed E-state index contributed by atoms with van der Waals surface area (Å²) in [6, 6.07) is -3.15. The molecule has 0 heterocycles. The molecule has 9 nitrogen and oxygen atoms in total. The number of amides is 3. The second-order valence-corrected chi connectivity index (χ2v) is 6.67. The first-order valence-corrected chi connectivity index (χ1v) is 8.85. The van der Waals surface area contributed by atoms with Gasteiger partial charge in [0.05, 0.1) is 12.5 Å². The van der Waals surface area contributed by atoms with E-state index in [0.29, 0.717) is 12.2 Å². The van der Waals surface area contributed by atoms with Crippen LogP contribution >= 0.6 is 11.8 Å². The third kappa shape index (κ3) is 8.16. The molecule has 0 fully saturated rings. The lowest BCUT2D eigenvalue weighted by atomic mass is 10.0. The molecule has 0 unspecified atom stereocenters. The molecule has 0 spiro atoms. The first-order chi connectivity index (χ1) is 11.1. The van der Waals surface area contributed by atoms with Crippen LogP contribution in [0.1, 0.15) is 26.7 Å². The summed E-state index contributed by atoms with van der Waals surface area (Å²) < 4.78 is 0. The molecule has 0 aliphatic rings. The number of carboxylic acid groups (broad SMARTS) is 1. The molecule has 0 saturated heterocycles. The highest BCUT2D eigenvalue weighted by atomic mass is 32.2. The number of rotatable bonds is 11. The van der Waals surface area contributed by atoms with Gasteiger partial charge in [-0.25, -0.2) is 0 Å². The van der Waals surface area contributed by atoms with Crippen LogP contribution in [0.3, 0.4) is 0 Å². The SMILES string of the molecule is CSCC[C@H](N)C(=O)N[C@@H](CC(=O)O)C(=O)N[C@@H](C(N)=O)C(C)C. The lowest BCUT2D eigenvalue weighted by Gasteiger charge is -2.24. The van der Waals surface area contributed by atoms with E-state index in [9.17, 15) is 19.2 Å². The van der Waals surface area contributed by atoms with Gasteiger partial charge in [-0.15, -0.1) is 0 Å². The molecule has 3 atom stereocenters. The second-order valence-electron chi connectivity index (χ2n) is 5.68. The highest BCUT2D eigenvalue weighted by molar-refractivity contribution is 7.98. The van der Waals surface area contributed by atoms with Gasteiger partial charge in [0.2, 0.25) is 17.7 Å². The van der Waals surface area contributed by atoms with Crippen LogP contribution in [-0.4, -0.2) is 58.9 Å². The van der Waals surface area contributed by atoms with Crippen molar-refractivity contribution in [2.45, 2.75) is 44.8 Å². The number of primary amides is 1. The Morgan fingerprint density at radius 1 is 1.12 bits per heavy atom. The summed E-state index contributed by atoms with van der Waals surface area (Å²) in [4.78, 5) is 46.5. The first-order valence-electron chi connectivity index (χ1n) is 7.46. The van der Waals surface area contributed by atoms with E-state index < -0.39 is 48.2 Å². The lowest BCUT2D eigenvalue weighted by molar-refractivity contribution is -0.141. The molecule has 0 aromatic carbocycles. The van der Waals surface area contributed by atoms with Crippen LogP contribution < -0.4 is 22.1 Å². The van der Waals surface area contributed by atoms with Crippen LogP contribution in [0.5, 0.6) is 0 Å². The number of thioether (sulfide) groups is 1. The zero-order valence-corrected chi connectivity index (χ0v) is 14.9. The van der Waals surface area contributed by atoms with E-state index in [4.69, 9.17) is 16.6 Å². The molecule has 3 amide bonds. The first kappa shape index (κ1) is 22.2. The maximum atomic E-state index is 12.2. The highest BCUT2D eigenvalue weighted by Crippen LogP contribution is 2.04. The Morgan fingerprint density at radius 2 is 1.71 bits per heavy atom. The molecule has 24 heavy (non-hydrogen) atoms. The van der Waals surface area contributed by atoms with Crippen LogP contribution in [0.2, 0.25) is 0 Å². The maximum Gasteiger partial charge on any atom is 0.305 e. The van der Waals surface area contributed by atoms with Gasteiger partial charge in [-0.2, -0.15) is 11.8 Å². The molecule has 0 saturated carbocycles. The average molecular weight is 362 g/mol. The fraction of sp³-hybridized carbons (Fsp3) is 0.714. The van der Waals surface area contributed by atoms with E-state index >= 15 is 0 Å². The van der Waals surface area contributed by atoms with Gasteiger partial charge in [-0.1, -0.05) is 13.8 Å². The third-order valence-electron chi connectivity index (χ3n) is 3.25. The van der Waals surface area contributed by atoms with Gasteiger partial charge in [0.25, 0.3) is 0 Å². The molecular formula is C14H26N4O5S. The summed E-state index contributed by atoms with van der Waals surface area (Å²) in [6.45, 7) is 3.36. The fourth-order valence-corrected chi connectivity index (χ4v) is 2.35. The van der Waals surface area contributed by atoms with E-state index in [0.717, 1.165) is 0 Å². The average Bonchev–Trinajstić information content (AvgIpc) is 2.47. The van der Waals surface area contributed by atoms with Gasteiger partial charge in [-0.05, 0) is 24.3 Å². The largest absolute Gasteiger partial charge is 0.481 e. The maximum absolute atomic E-state index is 12.2. The van der Waals surface area contributed by atoms with E-state index in [-0.39, 0.29) is 5.92 Å². The van der Waals surface area contributed by atoms with Crippen molar-refractivity contribution in [3.63, 3.8) is 0 Å². The second kappa shape index (κ2) is 10.9. The fourth-order valence-electron chi connectivity index (χ4n) is 1.86. The Kier molecular flexibility index (Phi) is 10.0. The number of carbonyl (C=O) groups excluding carboxylic acids is 3. The smallest absolute Gasteiger partial charge is 0.305 e. The predicted octanol–water partition coefficient (Wildman–Crippen LogP) is -1.35. The molecule has 0 radical (unpaired) electrons. The molecule has 0 aliphatic carbocycles. The number of carboxylic acids is 1. The molecule has 138 valence electrons. The van der Waals surface area contributed by atoms with Crippen molar-refractivity contribution in [1.82, 2.24) is 10.6 Å². The van der Waals surface area contributed by atoms with Crippen molar-refractivity contribution in [2.24, 2.45) is 17.4 Å². The molecule has 0 bridgehead atoms. The number of carbonyl (C=O) groups is 4. The van der Waals surface area contributed by atoms with Crippen LogP contribution in [0.4, 0.5) is 0 Å². The van der Waals surface area contributed by atoms with Crippen LogP contribution in [-0.2, 0) is 19.2 Å². The molecule has 10 heteroatoms. The van der Waals surface area contributed by atoms with Crippen molar-refractivity contribution in [1.29, 1.82) is 0 Å². The monoisotopic (exact) mass is 362 g/mol. The van der Waals surface area contributed by atoms with Crippen LogP contribution in [0, 0.1) is 5.92 Å². The predicted molar refractivity (Wildman–Crippen MR) is 91.1 cm³/mol. The van der Waals surface area contributed by atoms with Crippen molar-refractivity contribution in [3.8, 4) is 0 Å². The summed E-state index contributed by atoms with van der Waals surface area (Å²) >= 11 is 1.51. The van der Waals surface area contributed by atoms with Gasteiger partial charge >= 0.3 is 5.97 Å². The molecule has 0 aliphatic heterocycles. The number of nitrogens with two attached hydrogens (primary N) is 2. The van der Waals surface area contributed by atoms with Gasteiger partial charge in [0.15, 0.2) is 0 Å². The quantitative estimate of drug-likeness (QED) is 0.303. The Balaban J connectivity index is 4.98. The third-order valence-corrected chi connectivity index (χ3v) is 3.90. The van der Waals surface area contributed by atoms with Crippen molar-refractivity contribution < 1.29 is 24.3 Å². The Bertz CT molecular complexity index is 472. The standard InChI is InChI=1S/C14H26N4O5S/c1-7(2)11(12(16)21)18-14(23)9(6-10(19)20)17-13(22)8(15)4-5-24-3/h7-9,11H,4-6,15H2,1-3H3,(H2,16,21)(H,17,22)(H,18,23)(H,19,20)/t8-,9-,11+/m0/s1. The number of hydrogen-bond acceptors (Lipinski definition) is 6. The van der Waals surface area contributed by atoms with Gasteiger partial charge in [-0.3, -0.25) is 19.2 Å². The van der Waals surface area contributed by atoms with Gasteiger partial charge in [0, 0.05) is 0 Å². The zero-order chi connectivity index (χ0) is 18.9. The van der Waals surface area contributed by atoms with E-state index in [1.807, 2.05) is 6.26 Å². The Labute approximate surface area is 145 Å². The topological polar surface area (TPSA) is 165 Å². The molecular weight excluding hydrogens is 336 g/mol. The minimum absolute atomic E-state index is 0.281. The minimum atomic E-state index is -1.34. The zero-order valence-electron chi connectivity index (χ0n) is 14.1. The summed E-state index contributed by atoms with van der Waals surface area (Å²) in [5.74, 6) is -3.05. The summed E-state index contributed by atoms with van der Waals surface area (Å²) in [5, 5.41) is 13.6. The molecule has 0 rings (SSSR count). The molecule has 0 aromatic heterocycles.